The third-order valence-corrected chi connectivity index (χ3v) is 9.16. The molecule has 3 aliphatic carbocycles. The van der Waals surface area contributed by atoms with Crippen LogP contribution in [0.15, 0.2) is 30.9 Å². The number of hydrogen-bond acceptors (Lipinski definition) is 0. The first-order valence-corrected chi connectivity index (χ1v) is 13.0. The van der Waals surface area contributed by atoms with Gasteiger partial charge in [-0.3, -0.25) is 0 Å². The summed E-state index contributed by atoms with van der Waals surface area (Å²) < 4.78 is 14.4. The molecule has 0 saturated heterocycles. The molecular weight excluding hydrogens is 367 g/mol. The van der Waals surface area contributed by atoms with Crippen LogP contribution >= 0.6 is 0 Å². The van der Waals surface area contributed by atoms with Crippen LogP contribution in [-0.2, 0) is 6.42 Å². The van der Waals surface area contributed by atoms with Crippen molar-refractivity contribution in [1.29, 1.82) is 0 Å². The highest BCUT2D eigenvalue weighted by Crippen LogP contribution is 2.49. The van der Waals surface area contributed by atoms with Crippen LogP contribution in [0.5, 0.6) is 0 Å². The first-order chi connectivity index (χ1) is 14.7. The molecule has 0 N–H and O–H groups in total. The first-order valence-electron chi connectivity index (χ1n) is 13.0. The Balaban J connectivity index is 1.24. The Kier molecular flexibility index (Phi) is 7.71. The van der Waals surface area contributed by atoms with Crippen LogP contribution in [-0.4, -0.2) is 0 Å². The van der Waals surface area contributed by atoms with Crippen LogP contribution < -0.4 is 0 Å². The van der Waals surface area contributed by atoms with Gasteiger partial charge in [-0.25, -0.2) is 4.39 Å². The highest BCUT2D eigenvalue weighted by Gasteiger charge is 2.36. The second kappa shape index (κ2) is 10.5. The van der Waals surface area contributed by atoms with E-state index in [2.05, 4.69) is 19.6 Å². The fraction of sp³-hybridized carbons (Fsp3) is 0.724. The maximum absolute atomic E-state index is 14.4. The van der Waals surface area contributed by atoms with Gasteiger partial charge in [0.05, 0.1) is 0 Å². The Morgan fingerprint density at radius 2 is 1.53 bits per heavy atom. The molecule has 0 aliphatic heterocycles. The first kappa shape index (κ1) is 22.1. The fourth-order valence-corrected chi connectivity index (χ4v) is 7.09. The number of halogens is 1. The van der Waals surface area contributed by atoms with Crippen LogP contribution in [0.3, 0.4) is 0 Å². The molecule has 0 amide bonds. The summed E-state index contributed by atoms with van der Waals surface area (Å²) in [6.07, 6.45) is 21.1. The molecule has 166 valence electrons. The molecule has 0 heterocycles. The summed E-state index contributed by atoms with van der Waals surface area (Å²) in [4.78, 5) is 0. The quantitative estimate of drug-likeness (QED) is 0.394. The highest BCUT2D eigenvalue weighted by molar-refractivity contribution is 5.28. The van der Waals surface area contributed by atoms with Gasteiger partial charge >= 0.3 is 0 Å². The van der Waals surface area contributed by atoms with E-state index in [0.717, 1.165) is 35.2 Å². The molecule has 0 radical (unpaired) electrons. The van der Waals surface area contributed by atoms with Gasteiger partial charge in [-0.2, -0.15) is 0 Å². The molecule has 3 aliphatic rings. The molecule has 4 atom stereocenters. The van der Waals surface area contributed by atoms with Gasteiger partial charge in [0.1, 0.15) is 5.82 Å². The molecule has 4 rings (SSSR count). The monoisotopic (exact) mass is 410 g/mol. The third-order valence-electron chi connectivity index (χ3n) is 9.16. The lowest BCUT2D eigenvalue weighted by Crippen LogP contribution is -2.30. The van der Waals surface area contributed by atoms with Gasteiger partial charge in [0.15, 0.2) is 0 Å². The van der Waals surface area contributed by atoms with Crippen LogP contribution in [0.4, 0.5) is 4.39 Å². The average Bonchev–Trinajstić information content (AvgIpc) is 2.79. The molecule has 30 heavy (non-hydrogen) atoms. The van der Waals surface area contributed by atoms with Gasteiger partial charge < -0.3 is 0 Å². The standard InChI is InChI=1S/C29H43F/c1-3-5-24-14-15-28(20-29(24)30)27-17-16-25-18-23(12-13-26(25)19-27)11-10-22-8-6-21(4-2)7-9-22/h3,14-15,20-23,25-27H,1,4-13,16-19H2,2H3. The van der Waals surface area contributed by atoms with Gasteiger partial charge in [0.25, 0.3) is 0 Å². The molecule has 0 nitrogen and oxygen atoms in total. The van der Waals surface area contributed by atoms with E-state index in [1.54, 1.807) is 6.08 Å². The normalized spacial score (nSPS) is 34.3. The molecule has 3 fully saturated rings. The van der Waals surface area contributed by atoms with Crippen LogP contribution in [0.25, 0.3) is 0 Å². The summed E-state index contributed by atoms with van der Waals surface area (Å²) in [6.45, 7) is 6.11. The largest absolute Gasteiger partial charge is 0.207 e. The zero-order valence-electron chi connectivity index (χ0n) is 19.3. The Bertz CT molecular complexity index is 684. The Morgan fingerprint density at radius 3 is 2.27 bits per heavy atom. The molecular formula is C29H43F. The van der Waals surface area contributed by atoms with Gasteiger partial charge in [-0.05, 0) is 91.2 Å². The number of allylic oxidation sites excluding steroid dienone is 1. The van der Waals surface area contributed by atoms with Crippen LogP contribution in [0, 0.1) is 35.4 Å². The minimum absolute atomic E-state index is 0.0359. The summed E-state index contributed by atoms with van der Waals surface area (Å²) >= 11 is 0. The average molecular weight is 411 g/mol. The summed E-state index contributed by atoms with van der Waals surface area (Å²) in [6, 6.07) is 6.00. The topological polar surface area (TPSA) is 0 Å². The molecule has 4 unspecified atom stereocenters. The van der Waals surface area contributed by atoms with Crippen molar-refractivity contribution in [3.8, 4) is 0 Å². The lowest BCUT2D eigenvalue weighted by atomic mass is 9.63. The van der Waals surface area contributed by atoms with E-state index in [4.69, 9.17) is 0 Å². The fourth-order valence-electron chi connectivity index (χ4n) is 7.09. The summed E-state index contributed by atoms with van der Waals surface area (Å²) in [5.41, 5.74) is 2.02. The minimum Gasteiger partial charge on any atom is -0.207 e. The SMILES string of the molecule is C=CCc1ccc(C2CCC3CC(CCC4CCC(CC)CC4)CCC3C2)cc1F. The van der Waals surface area contributed by atoms with Gasteiger partial charge in [-0.15, -0.1) is 6.58 Å². The molecule has 1 heteroatoms. The van der Waals surface area contributed by atoms with E-state index in [1.165, 1.54) is 89.0 Å². The van der Waals surface area contributed by atoms with E-state index >= 15 is 0 Å². The molecule has 3 saturated carbocycles. The highest BCUT2D eigenvalue weighted by atomic mass is 19.1. The van der Waals surface area contributed by atoms with E-state index in [0.29, 0.717) is 12.3 Å². The smallest absolute Gasteiger partial charge is 0.126 e. The van der Waals surface area contributed by atoms with E-state index in [-0.39, 0.29) is 5.82 Å². The maximum atomic E-state index is 14.4. The van der Waals surface area contributed by atoms with Crippen molar-refractivity contribution in [3.63, 3.8) is 0 Å². The van der Waals surface area contributed by atoms with E-state index in [9.17, 15) is 4.39 Å². The maximum Gasteiger partial charge on any atom is 0.126 e. The zero-order chi connectivity index (χ0) is 20.9. The molecule has 0 spiro atoms. The second-order valence-electron chi connectivity index (χ2n) is 10.9. The molecule has 1 aromatic carbocycles. The summed E-state index contributed by atoms with van der Waals surface area (Å²) in [5, 5.41) is 0. The Hall–Kier alpha value is -1.11. The van der Waals surface area contributed by atoms with Crippen molar-refractivity contribution in [2.45, 2.75) is 103 Å². The predicted octanol–water partition coefficient (Wildman–Crippen LogP) is 8.85. The zero-order valence-corrected chi connectivity index (χ0v) is 19.3. The van der Waals surface area contributed by atoms with Crippen LogP contribution in [0.2, 0.25) is 0 Å². The van der Waals surface area contributed by atoms with Gasteiger partial charge in [-0.1, -0.05) is 76.5 Å². The number of rotatable bonds is 7. The van der Waals surface area contributed by atoms with Crippen molar-refractivity contribution in [2.75, 3.05) is 0 Å². The molecule has 1 aromatic rings. The second-order valence-corrected chi connectivity index (χ2v) is 10.9. The van der Waals surface area contributed by atoms with Crippen molar-refractivity contribution < 1.29 is 4.39 Å². The summed E-state index contributed by atoms with van der Waals surface area (Å²) in [7, 11) is 0. The van der Waals surface area contributed by atoms with Crippen molar-refractivity contribution in [1.82, 2.24) is 0 Å². The molecule has 0 bridgehead atoms. The van der Waals surface area contributed by atoms with E-state index < -0.39 is 0 Å². The van der Waals surface area contributed by atoms with Crippen LogP contribution in [0.1, 0.15) is 107 Å². The van der Waals surface area contributed by atoms with Crippen molar-refractivity contribution in [2.24, 2.45) is 29.6 Å². The lowest BCUT2D eigenvalue weighted by Gasteiger charge is -2.43. The van der Waals surface area contributed by atoms with Gasteiger partial charge in [0.2, 0.25) is 0 Å². The number of hydrogen-bond donors (Lipinski definition) is 0. The van der Waals surface area contributed by atoms with Crippen molar-refractivity contribution >= 4 is 0 Å². The van der Waals surface area contributed by atoms with E-state index in [1.807, 2.05) is 12.1 Å². The minimum atomic E-state index is -0.0359. The number of fused-ring (bicyclic) bond motifs is 1. The Labute approximate surface area is 184 Å². The number of benzene rings is 1. The van der Waals surface area contributed by atoms with Gasteiger partial charge in [0, 0.05) is 0 Å². The molecule has 0 aromatic heterocycles. The lowest BCUT2D eigenvalue weighted by molar-refractivity contribution is 0.108. The predicted molar refractivity (Wildman–Crippen MR) is 126 cm³/mol. The summed E-state index contributed by atoms with van der Waals surface area (Å²) in [5.74, 6) is 5.41. The van der Waals surface area contributed by atoms with Crippen molar-refractivity contribution in [3.05, 3.63) is 47.8 Å². The Morgan fingerprint density at radius 1 is 0.867 bits per heavy atom. The third kappa shape index (κ3) is 5.38.